The molecule has 3 N–H and O–H groups in total. The van der Waals surface area contributed by atoms with Crippen LogP contribution >= 0.6 is 0 Å². The first-order valence-corrected chi connectivity index (χ1v) is 14.3. The van der Waals surface area contributed by atoms with Gasteiger partial charge in [0.15, 0.2) is 5.69 Å². The molecule has 8 heteroatoms. The quantitative estimate of drug-likeness (QED) is 0.0871. The number of rotatable bonds is 21. The maximum absolute atomic E-state index is 12.0. The van der Waals surface area contributed by atoms with Crippen LogP contribution in [0.2, 0.25) is 0 Å². The van der Waals surface area contributed by atoms with Gasteiger partial charge in [0.2, 0.25) is 17.8 Å². The van der Waals surface area contributed by atoms with Crippen LogP contribution in [0.1, 0.15) is 74.5 Å². The van der Waals surface area contributed by atoms with Crippen LogP contribution in [-0.4, -0.2) is 43.0 Å². The molecule has 1 aromatic rings. The van der Waals surface area contributed by atoms with E-state index in [0.29, 0.717) is 49.4 Å². The second-order valence-electron chi connectivity index (χ2n) is 9.05. The molecule has 40 heavy (non-hydrogen) atoms. The van der Waals surface area contributed by atoms with Gasteiger partial charge in [-0.3, -0.25) is 9.59 Å². The first-order chi connectivity index (χ1) is 19.5. The van der Waals surface area contributed by atoms with Crippen molar-refractivity contribution in [2.24, 2.45) is 0 Å². The van der Waals surface area contributed by atoms with Gasteiger partial charge < -0.3 is 21.2 Å². The van der Waals surface area contributed by atoms with E-state index in [1.165, 1.54) is 6.20 Å². The van der Waals surface area contributed by atoms with Gasteiger partial charge in [0, 0.05) is 39.5 Å². The van der Waals surface area contributed by atoms with E-state index in [9.17, 15) is 14.8 Å². The minimum atomic E-state index is -0.394. The van der Waals surface area contributed by atoms with Crippen LogP contribution in [-0.2, 0) is 4.79 Å². The average Bonchev–Trinajstić information content (AvgIpc) is 2.95. The van der Waals surface area contributed by atoms with Crippen molar-refractivity contribution in [1.29, 1.82) is 0 Å². The number of hydrogen-bond acceptors (Lipinski definition) is 5. The molecule has 0 aliphatic rings. The molecule has 0 unspecified atom stereocenters. The zero-order valence-electron chi connectivity index (χ0n) is 24.2. The predicted octanol–water partition coefficient (Wildman–Crippen LogP) is 4.94. The number of aryl methyl sites for hydroxylation is 1. The molecular formula is C32H47N5O3. The Bertz CT molecular complexity index is 1030. The van der Waals surface area contributed by atoms with Crippen LogP contribution in [0.3, 0.4) is 0 Å². The van der Waals surface area contributed by atoms with E-state index in [4.69, 9.17) is 0 Å². The number of carbonyl (C=O) groups is 2. The van der Waals surface area contributed by atoms with Crippen molar-refractivity contribution >= 4 is 11.8 Å². The summed E-state index contributed by atoms with van der Waals surface area (Å²) in [6.07, 6.45) is 35.5. The number of allylic oxidation sites excluding steroid dienone is 12. The van der Waals surface area contributed by atoms with Crippen LogP contribution in [0.15, 0.2) is 85.3 Å². The highest BCUT2D eigenvalue weighted by Gasteiger charge is 2.11. The normalized spacial score (nSPS) is 12.2. The molecule has 0 bridgehead atoms. The van der Waals surface area contributed by atoms with Gasteiger partial charge in [-0.2, -0.15) is 4.73 Å². The van der Waals surface area contributed by atoms with Gasteiger partial charge in [-0.25, -0.2) is 4.98 Å². The average molecular weight is 550 g/mol. The van der Waals surface area contributed by atoms with Crippen LogP contribution in [0.25, 0.3) is 0 Å². The number of carbonyl (C=O) groups excluding carboxylic acids is 2. The molecule has 8 nitrogen and oxygen atoms in total. The van der Waals surface area contributed by atoms with Gasteiger partial charge in [-0.15, -0.1) is 0 Å². The minimum Gasteiger partial charge on any atom is -0.618 e. The Labute approximate surface area is 240 Å². The van der Waals surface area contributed by atoms with Crippen LogP contribution in [0.5, 0.6) is 0 Å². The van der Waals surface area contributed by atoms with Gasteiger partial charge in [-0.1, -0.05) is 79.8 Å². The molecule has 0 saturated carbocycles. The lowest BCUT2D eigenvalue weighted by Crippen LogP contribution is -2.38. The highest BCUT2D eigenvalue weighted by atomic mass is 16.5. The molecule has 0 aliphatic heterocycles. The summed E-state index contributed by atoms with van der Waals surface area (Å²) in [5.74, 6) is -0.375. The third-order valence-electron chi connectivity index (χ3n) is 5.56. The molecular weight excluding hydrogens is 502 g/mol. The highest BCUT2D eigenvalue weighted by molar-refractivity contribution is 5.91. The third kappa shape index (κ3) is 19.3. The second-order valence-corrected chi connectivity index (χ2v) is 9.05. The molecule has 1 aromatic heterocycles. The Morgan fingerprint density at radius 2 is 1.27 bits per heavy atom. The molecule has 1 rings (SSSR count). The fourth-order valence-corrected chi connectivity index (χ4v) is 3.30. The van der Waals surface area contributed by atoms with Crippen molar-refractivity contribution < 1.29 is 14.3 Å². The SMILES string of the molecule is CCC=CCC=CCC=CCC=CCC=CCC=CCCC(=O)NCCNCCNC(=O)c1c[n+]([O-])c(C)cn1. The summed E-state index contributed by atoms with van der Waals surface area (Å²) in [4.78, 5) is 27.8. The fraction of sp³-hybridized carbons (Fsp3) is 0.438. The molecule has 0 radical (unpaired) electrons. The van der Waals surface area contributed by atoms with E-state index in [2.05, 4.69) is 94.7 Å². The predicted molar refractivity (Wildman–Crippen MR) is 164 cm³/mol. The summed E-state index contributed by atoms with van der Waals surface area (Å²) in [6.45, 7) is 5.83. The molecule has 2 amide bonds. The lowest BCUT2D eigenvalue weighted by Gasteiger charge is -2.08. The Balaban J connectivity index is 1.95. The zero-order valence-corrected chi connectivity index (χ0v) is 24.2. The minimum absolute atomic E-state index is 0.0194. The molecule has 0 saturated heterocycles. The van der Waals surface area contributed by atoms with Crippen molar-refractivity contribution in [2.75, 3.05) is 26.2 Å². The van der Waals surface area contributed by atoms with E-state index in [0.717, 1.165) is 44.7 Å². The van der Waals surface area contributed by atoms with Crippen molar-refractivity contribution in [3.8, 4) is 0 Å². The Hall–Kier alpha value is -3.78. The summed E-state index contributed by atoms with van der Waals surface area (Å²) >= 11 is 0. The van der Waals surface area contributed by atoms with Gasteiger partial charge >= 0.3 is 0 Å². The molecule has 0 fully saturated rings. The number of aromatic nitrogens is 2. The number of nitrogens with zero attached hydrogens (tertiary/aromatic N) is 2. The van der Waals surface area contributed by atoms with Crippen molar-refractivity contribution in [3.05, 3.63) is 102 Å². The van der Waals surface area contributed by atoms with E-state index in [1.807, 2.05) is 6.08 Å². The van der Waals surface area contributed by atoms with E-state index in [1.54, 1.807) is 6.92 Å². The van der Waals surface area contributed by atoms with Gasteiger partial charge in [0.05, 0.1) is 6.20 Å². The van der Waals surface area contributed by atoms with Crippen LogP contribution in [0, 0.1) is 12.1 Å². The molecule has 1 heterocycles. The van der Waals surface area contributed by atoms with Crippen molar-refractivity contribution in [3.63, 3.8) is 0 Å². The van der Waals surface area contributed by atoms with Crippen molar-refractivity contribution in [2.45, 2.75) is 65.2 Å². The molecule has 0 spiro atoms. The Morgan fingerprint density at radius 3 is 1.80 bits per heavy atom. The summed E-state index contributed by atoms with van der Waals surface area (Å²) in [7, 11) is 0. The molecule has 0 aliphatic carbocycles. The van der Waals surface area contributed by atoms with Crippen molar-refractivity contribution in [1.82, 2.24) is 20.9 Å². The number of amides is 2. The highest BCUT2D eigenvalue weighted by Crippen LogP contribution is 1.98. The lowest BCUT2D eigenvalue weighted by atomic mass is 10.2. The summed E-state index contributed by atoms with van der Waals surface area (Å²) in [5.41, 5.74) is 0.511. The van der Waals surface area contributed by atoms with Gasteiger partial charge in [-0.05, 0) is 44.9 Å². The monoisotopic (exact) mass is 549 g/mol. The van der Waals surface area contributed by atoms with E-state index < -0.39 is 5.91 Å². The third-order valence-corrected chi connectivity index (χ3v) is 5.56. The van der Waals surface area contributed by atoms with E-state index in [-0.39, 0.29) is 11.6 Å². The second kappa shape index (κ2) is 24.3. The summed E-state index contributed by atoms with van der Waals surface area (Å²) < 4.78 is 0.616. The topological polar surface area (TPSA) is 110 Å². The zero-order chi connectivity index (χ0) is 29.1. The van der Waals surface area contributed by atoms with Crippen LogP contribution in [0.4, 0.5) is 0 Å². The first kappa shape index (κ1) is 34.2. The standard InChI is InChI=1S/C32H47N5O3/c1-3-4-5-6-7-8-9-10-11-12-13-14-15-16-17-18-19-20-21-22-31(38)34-25-23-33-24-26-35-32(39)30-28-37(40)29(2)27-36-30/h4-5,7-8,10-11,13-14,16-17,19-20,27-28,33H,3,6,9,12,15,18,21-26H2,1-2H3,(H,34,38)(H,35,39). The van der Waals surface area contributed by atoms with Gasteiger partial charge in [0.25, 0.3) is 5.91 Å². The molecule has 218 valence electrons. The first-order valence-electron chi connectivity index (χ1n) is 14.3. The Kier molecular flexibility index (Phi) is 20.8. The largest absolute Gasteiger partial charge is 0.618 e. The molecule has 0 atom stereocenters. The molecule has 0 aromatic carbocycles. The fourth-order valence-electron chi connectivity index (χ4n) is 3.30. The van der Waals surface area contributed by atoms with Crippen LogP contribution < -0.4 is 20.7 Å². The van der Waals surface area contributed by atoms with Gasteiger partial charge in [0.1, 0.15) is 0 Å². The number of nitrogens with one attached hydrogen (secondary N) is 3. The maximum atomic E-state index is 12.0. The smallest absolute Gasteiger partial charge is 0.276 e. The van der Waals surface area contributed by atoms with E-state index >= 15 is 0 Å². The summed E-state index contributed by atoms with van der Waals surface area (Å²) in [5, 5.41) is 20.2. The summed E-state index contributed by atoms with van der Waals surface area (Å²) in [6, 6.07) is 0. The maximum Gasteiger partial charge on any atom is 0.276 e. The number of hydrogen-bond donors (Lipinski definition) is 3. The lowest BCUT2D eigenvalue weighted by molar-refractivity contribution is -0.613. The Morgan fingerprint density at radius 1 is 0.775 bits per heavy atom.